The Labute approximate surface area is 199 Å². The number of rotatable bonds is 7. The number of amides is 1. The molecule has 0 heterocycles. The first-order valence-corrected chi connectivity index (χ1v) is 12.0. The van der Waals surface area contributed by atoms with Crippen LogP contribution in [-0.2, 0) is 26.0 Å². The van der Waals surface area contributed by atoms with E-state index in [1.165, 1.54) is 67.6 Å². The Bertz CT molecular complexity index is 1350. The smallest absolute Gasteiger partial charge is 0.461 e. The normalized spacial score (nSPS) is 11.6. The predicted octanol–water partition coefficient (Wildman–Crippen LogP) is 4.97. The Morgan fingerprint density at radius 2 is 1.60 bits per heavy atom. The molecule has 0 unspecified atom stereocenters. The number of sulfone groups is 1. The van der Waals surface area contributed by atoms with Crippen LogP contribution in [0.3, 0.4) is 0 Å². The van der Waals surface area contributed by atoms with Crippen LogP contribution >= 0.6 is 0 Å². The molecule has 0 aliphatic carbocycles. The van der Waals surface area contributed by atoms with E-state index in [2.05, 4.69) is 10.1 Å². The van der Waals surface area contributed by atoms with Gasteiger partial charge in [-0.25, -0.2) is 8.42 Å². The second-order valence-corrected chi connectivity index (χ2v) is 9.46. The molecule has 0 radical (unpaired) electrons. The number of anilines is 1. The molecule has 0 saturated carbocycles. The van der Waals surface area contributed by atoms with Gasteiger partial charge in [-0.1, -0.05) is 24.3 Å². The van der Waals surface area contributed by atoms with Crippen molar-refractivity contribution in [3.63, 3.8) is 0 Å². The van der Waals surface area contributed by atoms with E-state index in [9.17, 15) is 31.2 Å². The maximum atomic E-state index is 12.9. The molecular weight excluding hydrogens is 487 g/mol. The first-order chi connectivity index (χ1) is 16.3. The van der Waals surface area contributed by atoms with Crippen molar-refractivity contribution in [2.24, 2.45) is 0 Å². The van der Waals surface area contributed by atoms with E-state index < -0.39 is 33.8 Å². The van der Waals surface area contributed by atoms with E-state index >= 15 is 0 Å². The van der Waals surface area contributed by atoms with Gasteiger partial charge in [-0.15, -0.1) is 13.2 Å². The Kier molecular flexibility index (Phi) is 7.49. The van der Waals surface area contributed by atoms with E-state index in [4.69, 9.17) is 4.74 Å². The maximum Gasteiger partial charge on any atom is 0.573 e. The third-order valence-corrected chi connectivity index (χ3v) is 5.87. The first kappa shape index (κ1) is 25.8. The summed E-state index contributed by atoms with van der Waals surface area (Å²) in [5.41, 5.74) is 1.11. The molecule has 0 aliphatic rings. The van der Waals surface area contributed by atoms with E-state index in [-0.39, 0.29) is 33.8 Å². The highest BCUT2D eigenvalue weighted by Crippen LogP contribution is 2.36. The zero-order valence-corrected chi connectivity index (χ0v) is 19.4. The molecule has 0 aromatic heterocycles. The molecular formula is C24H20F3NO6S. The van der Waals surface area contributed by atoms with Crippen LogP contribution < -0.4 is 10.1 Å². The van der Waals surface area contributed by atoms with Crippen LogP contribution in [0, 0.1) is 0 Å². The fraction of sp³-hybridized carbons (Fsp3) is 0.167. The molecule has 0 aliphatic heterocycles. The summed E-state index contributed by atoms with van der Waals surface area (Å²) in [6.45, 7) is 0.881. The zero-order chi connectivity index (χ0) is 25.8. The summed E-state index contributed by atoms with van der Waals surface area (Å²) < 4.78 is 71.0. The number of hydrogen-bond donors (Lipinski definition) is 1. The highest BCUT2D eigenvalue weighted by atomic mass is 32.2. The summed E-state index contributed by atoms with van der Waals surface area (Å²) >= 11 is 0. The van der Waals surface area contributed by atoms with E-state index in [0.717, 1.165) is 12.3 Å². The summed E-state index contributed by atoms with van der Waals surface area (Å²) in [5, 5.41) is 2.62. The van der Waals surface area contributed by atoms with Gasteiger partial charge in [0.25, 0.3) is 5.91 Å². The molecule has 0 spiro atoms. The van der Waals surface area contributed by atoms with Gasteiger partial charge in [-0.2, -0.15) is 0 Å². The summed E-state index contributed by atoms with van der Waals surface area (Å²) in [4.78, 5) is 24.2. The summed E-state index contributed by atoms with van der Waals surface area (Å²) in [7, 11) is -3.40. The Balaban J connectivity index is 1.95. The minimum Gasteiger partial charge on any atom is -0.461 e. The first-order valence-electron chi connectivity index (χ1n) is 10.1. The van der Waals surface area contributed by atoms with Crippen molar-refractivity contribution < 1.29 is 40.7 Å². The molecule has 3 rings (SSSR count). The minimum atomic E-state index is -4.92. The van der Waals surface area contributed by atoms with Crippen molar-refractivity contribution >= 4 is 27.4 Å². The zero-order valence-electron chi connectivity index (χ0n) is 18.5. The third kappa shape index (κ3) is 7.06. The average Bonchev–Trinajstić information content (AvgIpc) is 2.76. The third-order valence-electron chi connectivity index (χ3n) is 4.74. The number of ether oxygens (including phenoxy) is 2. The molecule has 1 amide bonds. The number of hydrogen-bond acceptors (Lipinski definition) is 6. The SMILES string of the molecule is CC(=O)OCc1cc(C(=O)Nc2ccc(S(C)(=O)=O)cc2)ccc1-c1ccccc1OC(F)(F)F. The standard InChI is InChI=1S/C24H20F3NO6S/c1-15(29)33-14-17-13-16(23(30)28-18-8-10-19(11-9-18)35(2,31)32)7-12-20(17)21-5-3-4-6-22(21)34-24(25,26)27/h3-13H,14H2,1-2H3,(H,28,30). The topological polar surface area (TPSA) is 98.8 Å². The van der Waals surface area contributed by atoms with Crippen molar-refractivity contribution in [3.8, 4) is 16.9 Å². The second kappa shape index (κ2) is 10.2. The molecule has 7 nitrogen and oxygen atoms in total. The fourth-order valence-corrected chi connectivity index (χ4v) is 3.82. The molecule has 0 fully saturated rings. The van der Waals surface area contributed by atoms with Gasteiger partial charge in [-0.05, 0) is 53.6 Å². The van der Waals surface area contributed by atoms with Crippen molar-refractivity contribution in [2.45, 2.75) is 24.8 Å². The summed E-state index contributed by atoms with van der Waals surface area (Å²) in [6.07, 6.45) is -3.86. The number of benzene rings is 3. The average molecular weight is 507 g/mol. The summed E-state index contributed by atoms with van der Waals surface area (Å²) in [5.74, 6) is -1.63. The Morgan fingerprint density at radius 1 is 0.943 bits per heavy atom. The van der Waals surface area contributed by atoms with Crippen LogP contribution in [0.4, 0.5) is 18.9 Å². The number of nitrogens with one attached hydrogen (secondary N) is 1. The van der Waals surface area contributed by atoms with Crippen molar-refractivity contribution in [3.05, 3.63) is 77.9 Å². The largest absolute Gasteiger partial charge is 0.573 e. The van der Waals surface area contributed by atoms with Crippen molar-refractivity contribution in [2.75, 3.05) is 11.6 Å². The Morgan fingerprint density at radius 3 is 2.20 bits per heavy atom. The minimum absolute atomic E-state index is 0.0864. The number of alkyl halides is 3. The lowest BCUT2D eigenvalue weighted by molar-refractivity contribution is -0.274. The lowest BCUT2D eigenvalue weighted by Crippen LogP contribution is -2.17. The van der Waals surface area contributed by atoms with Crippen LogP contribution in [-0.4, -0.2) is 32.9 Å². The van der Waals surface area contributed by atoms with Crippen molar-refractivity contribution in [1.82, 2.24) is 0 Å². The van der Waals surface area contributed by atoms with Gasteiger partial charge in [0.1, 0.15) is 12.4 Å². The number of esters is 1. The monoisotopic (exact) mass is 507 g/mol. The molecule has 0 atom stereocenters. The highest BCUT2D eigenvalue weighted by Gasteiger charge is 2.32. The van der Waals surface area contributed by atoms with E-state index in [0.29, 0.717) is 5.69 Å². The van der Waals surface area contributed by atoms with Gasteiger partial charge in [-0.3, -0.25) is 9.59 Å². The number of carbonyl (C=O) groups excluding carboxylic acids is 2. The van der Waals surface area contributed by atoms with Gasteiger partial charge in [0.05, 0.1) is 4.90 Å². The molecule has 3 aromatic rings. The van der Waals surface area contributed by atoms with E-state index in [1.807, 2.05) is 0 Å². The van der Waals surface area contributed by atoms with Gasteiger partial charge in [0.15, 0.2) is 9.84 Å². The quantitative estimate of drug-likeness (QED) is 0.454. The lowest BCUT2D eigenvalue weighted by Gasteiger charge is -2.17. The molecule has 3 aromatic carbocycles. The van der Waals surface area contributed by atoms with Crippen LogP contribution in [0.2, 0.25) is 0 Å². The predicted molar refractivity (Wildman–Crippen MR) is 122 cm³/mol. The highest BCUT2D eigenvalue weighted by molar-refractivity contribution is 7.90. The van der Waals surface area contributed by atoms with Crippen LogP contribution in [0.1, 0.15) is 22.8 Å². The molecule has 0 saturated heterocycles. The lowest BCUT2D eigenvalue weighted by atomic mass is 9.96. The maximum absolute atomic E-state index is 12.9. The number of halogens is 3. The van der Waals surface area contributed by atoms with Gasteiger partial charge < -0.3 is 14.8 Å². The van der Waals surface area contributed by atoms with E-state index in [1.54, 1.807) is 0 Å². The van der Waals surface area contributed by atoms with Gasteiger partial charge in [0.2, 0.25) is 0 Å². The molecule has 1 N–H and O–H groups in total. The molecule has 35 heavy (non-hydrogen) atoms. The molecule has 184 valence electrons. The van der Waals surface area contributed by atoms with Gasteiger partial charge in [0, 0.05) is 30.0 Å². The van der Waals surface area contributed by atoms with Crippen LogP contribution in [0.25, 0.3) is 11.1 Å². The molecule has 11 heteroatoms. The van der Waals surface area contributed by atoms with Gasteiger partial charge >= 0.3 is 12.3 Å². The fourth-order valence-electron chi connectivity index (χ4n) is 3.19. The van der Waals surface area contributed by atoms with Crippen LogP contribution in [0.5, 0.6) is 5.75 Å². The van der Waals surface area contributed by atoms with Crippen LogP contribution in [0.15, 0.2) is 71.6 Å². The number of carbonyl (C=O) groups is 2. The molecule has 0 bridgehead atoms. The Hall–Kier alpha value is -3.86. The van der Waals surface area contributed by atoms with Crippen molar-refractivity contribution in [1.29, 1.82) is 0 Å². The number of para-hydroxylation sites is 1. The summed E-state index contributed by atoms with van der Waals surface area (Å²) in [6, 6.07) is 15.2. The second-order valence-electron chi connectivity index (χ2n) is 7.45.